The Bertz CT molecular complexity index is 424. The van der Waals surface area contributed by atoms with Gasteiger partial charge in [0, 0.05) is 6.07 Å². The first-order valence-corrected chi connectivity index (χ1v) is 4.25. The number of hydrogen-bond acceptors (Lipinski definition) is 3. The summed E-state index contributed by atoms with van der Waals surface area (Å²) in [4.78, 5) is 0. The fourth-order valence-electron chi connectivity index (χ4n) is 1.26. The number of aromatic amines is 1. The summed E-state index contributed by atoms with van der Waals surface area (Å²) < 4.78 is 5.06. The third-order valence-corrected chi connectivity index (χ3v) is 2.00. The van der Waals surface area contributed by atoms with E-state index in [9.17, 15) is 0 Å². The second kappa shape index (κ2) is 4.70. The van der Waals surface area contributed by atoms with Gasteiger partial charge in [0.05, 0.1) is 12.8 Å². The molecule has 0 saturated carbocycles. The van der Waals surface area contributed by atoms with Crippen LogP contribution in [0.15, 0.2) is 30.3 Å². The predicted octanol–water partition coefficient (Wildman–Crippen LogP) is 2.09. The first-order chi connectivity index (χ1) is 6.79. The molecule has 4 nitrogen and oxygen atoms in total. The molecule has 2 aromatic rings. The summed E-state index contributed by atoms with van der Waals surface area (Å²) in [7, 11) is 1.64. The van der Waals surface area contributed by atoms with Crippen LogP contribution in [-0.2, 0) is 0 Å². The van der Waals surface area contributed by atoms with Gasteiger partial charge in [-0.2, -0.15) is 5.10 Å². The van der Waals surface area contributed by atoms with E-state index in [2.05, 4.69) is 10.2 Å². The molecule has 0 aliphatic rings. The number of anilines is 1. The molecule has 0 saturated heterocycles. The molecule has 0 fully saturated rings. The van der Waals surface area contributed by atoms with Crippen LogP contribution in [0.1, 0.15) is 0 Å². The standard InChI is InChI=1S/C10H11N3O.ClH/c1-14-8-4-2-7(3-5-8)9-6-10(11)13-12-9;/h2-6H,1H3,(H3,11,12,13);1H. The predicted molar refractivity (Wildman–Crippen MR) is 62.2 cm³/mol. The van der Waals surface area contributed by atoms with Crippen LogP contribution in [0, 0.1) is 0 Å². The van der Waals surface area contributed by atoms with E-state index in [1.54, 1.807) is 13.2 Å². The molecule has 3 N–H and O–H groups in total. The van der Waals surface area contributed by atoms with Gasteiger partial charge in [-0.25, -0.2) is 0 Å². The Morgan fingerprint density at radius 3 is 2.40 bits per heavy atom. The highest BCUT2D eigenvalue weighted by Crippen LogP contribution is 2.21. The van der Waals surface area contributed by atoms with E-state index in [-0.39, 0.29) is 12.4 Å². The Balaban J connectivity index is 0.00000112. The van der Waals surface area contributed by atoms with Crippen molar-refractivity contribution in [1.82, 2.24) is 10.2 Å². The van der Waals surface area contributed by atoms with Crippen molar-refractivity contribution in [1.29, 1.82) is 0 Å². The number of methoxy groups -OCH3 is 1. The highest BCUT2D eigenvalue weighted by Gasteiger charge is 2.00. The Kier molecular flexibility index (Phi) is 3.57. The van der Waals surface area contributed by atoms with Crippen molar-refractivity contribution in [2.24, 2.45) is 0 Å². The van der Waals surface area contributed by atoms with Crippen LogP contribution in [0.3, 0.4) is 0 Å². The second-order valence-electron chi connectivity index (χ2n) is 2.93. The molecule has 0 aliphatic heterocycles. The van der Waals surface area contributed by atoms with E-state index >= 15 is 0 Å². The monoisotopic (exact) mass is 225 g/mol. The third kappa shape index (κ3) is 2.41. The van der Waals surface area contributed by atoms with Gasteiger partial charge < -0.3 is 10.5 Å². The normalized spacial score (nSPS) is 9.40. The quantitative estimate of drug-likeness (QED) is 0.823. The van der Waals surface area contributed by atoms with Crippen LogP contribution in [-0.4, -0.2) is 17.3 Å². The molecule has 80 valence electrons. The summed E-state index contributed by atoms with van der Waals surface area (Å²) in [6.07, 6.45) is 0. The summed E-state index contributed by atoms with van der Waals surface area (Å²) in [5, 5.41) is 6.70. The van der Waals surface area contributed by atoms with E-state index in [1.807, 2.05) is 24.3 Å². The van der Waals surface area contributed by atoms with E-state index in [1.165, 1.54) is 0 Å². The van der Waals surface area contributed by atoms with Gasteiger partial charge in [-0.15, -0.1) is 12.4 Å². The average Bonchev–Trinajstić information content (AvgIpc) is 2.65. The molecule has 0 aliphatic carbocycles. The van der Waals surface area contributed by atoms with Gasteiger partial charge in [0.15, 0.2) is 0 Å². The lowest BCUT2D eigenvalue weighted by Gasteiger charge is -2.00. The topological polar surface area (TPSA) is 63.9 Å². The van der Waals surface area contributed by atoms with Gasteiger partial charge in [-0.3, -0.25) is 5.10 Å². The highest BCUT2D eigenvalue weighted by molar-refractivity contribution is 5.85. The minimum Gasteiger partial charge on any atom is -0.497 e. The molecule has 1 aromatic heterocycles. The Morgan fingerprint density at radius 2 is 1.93 bits per heavy atom. The Hall–Kier alpha value is -1.68. The van der Waals surface area contributed by atoms with Crippen LogP contribution in [0.25, 0.3) is 11.3 Å². The fourth-order valence-corrected chi connectivity index (χ4v) is 1.26. The van der Waals surface area contributed by atoms with E-state index in [4.69, 9.17) is 10.5 Å². The van der Waals surface area contributed by atoms with Gasteiger partial charge >= 0.3 is 0 Å². The highest BCUT2D eigenvalue weighted by atomic mass is 35.5. The molecule has 0 amide bonds. The van der Waals surface area contributed by atoms with Gasteiger partial charge in [-0.05, 0) is 29.8 Å². The average molecular weight is 226 g/mol. The van der Waals surface area contributed by atoms with Gasteiger partial charge in [0.2, 0.25) is 0 Å². The summed E-state index contributed by atoms with van der Waals surface area (Å²) in [6, 6.07) is 9.48. The number of rotatable bonds is 2. The molecule has 0 spiro atoms. The van der Waals surface area contributed by atoms with E-state index in [0.717, 1.165) is 17.0 Å². The van der Waals surface area contributed by atoms with Crippen molar-refractivity contribution in [3.8, 4) is 17.0 Å². The van der Waals surface area contributed by atoms with E-state index in [0.29, 0.717) is 5.82 Å². The molecule has 0 radical (unpaired) electrons. The second-order valence-corrected chi connectivity index (χ2v) is 2.93. The molecule has 5 heteroatoms. The fraction of sp³-hybridized carbons (Fsp3) is 0.100. The Labute approximate surface area is 93.9 Å². The molecule has 1 aromatic carbocycles. The van der Waals surface area contributed by atoms with E-state index < -0.39 is 0 Å². The van der Waals surface area contributed by atoms with Crippen LogP contribution < -0.4 is 10.5 Å². The molecule has 0 bridgehead atoms. The van der Waals surface area contributed by atoms with Crippen molar-refractivity contribution in [3.05, 3.63) is 30.3 Å². The first-order valence-electron chi connectivity index (χ1n) is 4.25. The number of nitrogens with one attached hydrogen (secondary N) is 1. The maximum Gasteiger partial charge on any atom is 0.145 e. The van der Waals surface area contributed by atoms with Crippen LogP contribution >= 0.6 is 12.4 Å². The van der Waals surface area contributed by atoms with Gasteiger partial charge in [0.1, 0.15) is 11.6 Å². The SMILES string of the molecule is COc1ccc(-c2cc(N)n[nH]2)cc1.Cl. The number of nitrogen functional groups attached to an aromatic ring is 1. The number of ether oxygens (including phenoxy) is 1. The molecule has 1 heterocycles. The summed E-state index contributed by atoms with van der Waals surface area (Å²) in [5.41, 5.74) is 7.45. The lowest BCUT2D eigenvalue weighted by atomic mass is 10.1. The summed E-state index contributed by atoms with van der Waals surface area (Å²) in [5.74, 6) is 1.33. The number of H-pyrrole nitrogens is 1. The van der Waals surface area contributed by atoms with Crippen LogP contribution in [0.4, 0.5) is 5.82 Å². The lowest BCUT2D eigenvalue weighted by Crippen LogP contribution is -1.82. The lowest BCUT2D eigenvalue weighted by molar-refractivity contribution is 0.415. The number of nitrogens with zero attached hydrogens (tertiary/aromatic N) is 1. The maximum absolute atomic E-state index is 5.50. The minimum atomic E-state index is 0. The van der Waals surface area contributed by atoms with Crippen molar-refractivity contribution in [2.45, 2.75) is 0 Å². The smallest absolute Gasteiger partial charge is 0.145 e. The molecule has 2 rings (SSSR count). The molecule has 0 atom stereocenters. The van der Waals surface area contributed by atoms with Gasteiger partial charge in [0.25, 0.3) is 0 Å². The van der Waals surface area contributed by atoms with Gasteiger partial charge in [-0.1, -0.05) is 0 Å². The van der Waals surface area contributed by atoms with Crippen molar-refractivity contribution in [3.63, 3.8) is 0 Å². The first kappa shape index (κ1) is 11.4. The zero-order chi connectivity index (χ0) is 9.97. The molecular formula is C10H12ClN3O. The number of halogens is 1. The van der Waals surface area contributed by atoms with Crippen LogP contribution in [0.5, 0.6) is 5.75 Å². The van der Waals surface area contributed by atoms with Crippen molar-refractivity contribution in [2.75, 3.05) is 12.8 Å². The number of hydrogen-bond donors (Lipinski definition) is 2. The van der Waals surface area contributed by atoms with Crippen LogP contribution in [0.2, 0.25) is 0 Å². The number of nitrogens with two attached hydrogens (primary N) is 1. The molecule has 15 heavy (non-hydrogen) atoms. The largest absolute Gasteiger partial charge is 0.497 e. The molecular weight excluding hydrogens is 214 g/mol. The summed E-state index contributed by atoms with van der Waals surface area (Å²) in [6.45, 7) is 0. The maximum atomic E-state index is 5.50. The zero-order valence-corrected chi connectivity index (χ0v) is 9.04. The zero-order valence-electron chi connectivity index (χ0n) is 8.23. The molecule has 0 unspecified atom stereocenters. The van der Waals surface area contributed by atoms with Crippen molar-refractivity contribution >= 4 is 18.2 Å². The third-order valence-electron chi connectivity index (χ3n) is 2.00. The number of benzene rings is 1. The Morgan fingerprint density at radius 1 is 1.27 bits per heavy atom. The summed E-state index contributed by atoms with van der Waals surface area (Å²) >= 11 is 0. The number of aromatic nitrogens is 2. The minimum absolute atomic E-state index is 0. The van der Waals surface area contributed by atoms with Crippen molar-refractivity contribution < 1.29 is 4.74 Å².